The van der Waals surface area contributed by atoms with E-state index in [-0.39, 0.29) is 17.5 Å². The number of aromatic nitrogens is 4. The third-order valence-electron chi connectivity index (χ3n) is 5.70. The summed E-state index contributed by atoms with van der Waals surface area (Å²) in [5, 5.41) is 16.4. The fraction of sp³-hybridized carbons (Fsp3) is 0.400. The number of hydrogen-bond acceptors (Lipinski definition) is 5. The number of hydrogen-bond donors (Lipinski definition) is 1. The van der Waals surface area contributed by atoms with Gasteiger partial charge < -0.3 is 9.67 Å². The highest BCUT2D eigenvalue weighted by Gasteiger charge is 2.37. The van der Waals surface area contributed by atoms with Crippen molar-refractivity contribution in [1.29, 1.82) is 0 Å². The molecule has 1 aliphatic heterocycles. The zero-order chi connectivity index (χ0) is 19.6. The summed E-state index contributed by atoms with van der Waals surface area (Å²) in [6.07, 6.45) is 5.60. The van der Waals surface area contributed by atoms with Crippen molar-refractivity contribution in [3.63, 3.8) is 0 Å². The molecule has 2 aliphatic rings. The van der Waals surface area contributed by atoms with Crippen molar-refractivity contribution in [2.45, 2.75) is 45.2 Å². The lowest BCUT2D eigenvalue weighted by atomic mass is 9.96. The molecule has 144 valence electrons. The molecule has 0 aromatic carbocycles. The summed E-state index contributed by atoms with van der Waals surface area (Å²) in [7, 11) is 0. The Morgan fingerprint density at radius 1 is 1.36 bits per heavy atom. The largest absolute Gasteiger partial charge is 0.477 e. The van der Waals surface area contributed by atoms with Crippen LogP contribution >= 0.6 is 11.5 Å². The molecule has 0 amide bonds. The molecule has 0 radical (unpaired) electrons. The molecule has 1 fully saturated rings. The number of carboxylic acid groups (broad SMARTS) is 1. The van der Waals surface area contributed by atoms with Gasteiger partial charge in [0.15, 0.2) is 5.43 Å². The zero-order valence-electron chi connectivity index (χ0n) is 15.6. The maximum atomic E-state index is 12.5. The van der Waals surface area contributed by atoms with Crippen LogP contribution in [0.3, 0.4) is 0 Å². The summed E-state index contributed by atoms with van der Waals surface area (Å²) >= 11 is 1.39. The second kappa shape index (κ2) is 6.13. The molecular weight excluding hydrogens is 376 g/mol. The van der Waals surface area contributed by atoms with Gasteiger partial charge in [0.1, 0.15) is 5.56 Å². The summed E-state index contributed by atoms with van der Waals surface area (Å²) in [6, 6.07) is 1.49. The Morgan fingerprint density at radius 2 is 2.14 bits per heavy atom. The minimum absolute atomic E-state index is 0.0293. The van der Waals surface area contributed by atoms with E-state index in [4.69, 9.17) is 5.10 Å². The second-order valence-electron chi connectivity index (χ2n) is 7.94. The van der Waals surface area contributed by atoms with Crippen molar-refractivity contribution in [2.24, 2.45) is 5.92 Å². The highest BCUT2D eigenvalue weighted by atomic mass is 32.1. The van der Waals surface area contributed by atoms with Crippen LogP contribution in [0.1, 0.15) is 54.7 Å². The van der Waals surface area contributed by atoms with Crippen LogP contribution in [0.25, 0.3) is 22.5 Å². The van der Waals surface area contributed by atoms with Gasteiger partial charge in [-0.2, -0.15) is 5.10 Å². The second-order valence-corrected chi connectivity index (χ2v) is 8.60. The van der Waals surface area contributed by atoms with E-state index in [1.807, 2.05) is 20.8 Å². The molecule has 1 aliphatic carbocycles. The molecule has 3 aromatic heterocycles. The third-order valence-corrected chi connectivity index (χ3v) is 6.29. The first-order valence-corrected chi connectivity index (χ1v) is 10.3. The van der Waals surface area contributed by atoms with Crippen LogP contribution in [0, 0.1) is 5.92 Å². The monoisotopic (exact) mass is 396 g/mol. The van der Waals surface area contributed by atoms with E-state index >= 15 is 0 Å². The fourth-order valence-corrected chi connectivity index (χ4v) is 4.63. The predicted molar refractivity (Wildman–Crippen MR) is 106 cm³/mol. The molecule has 1 N–H and O–H groups in total. The average Bonchev–Trinajstić information content (AvgIpc) is 3.21. The van der Waals surface area contributed by atoms with Crippen molar-refractivity contribution in [1.82, 2.24) is 18.7 Å². The van der Waals surface area contributed by atoms with Crippen molar-refractivity contribution in [2.75, 3.05) is 0 Å². The van der Waals surface area contributed by atoms with Gasteiger partial charge in [-0.3, -0.25) is 9.48 Å². The highest BCUT2D eigenvalue weighted by molar-refractivity contribution is 7.03. The normalized spacial score (nSPS) is 18.2. The van der Waals surface area contributed by atoms with Gasteiger partial charge in [0, 0.05) is 40.9 Å². The Kier molecular flexibility index (Phi) is 3.80. The first kappa shape index (κ1) is 17.4. The van der Waals surface area contributed by atoms with Crippen LogP contribution in [-0.2, 0) is 6.54 Å². The van der Waals surface area contributed by atoms with Gasteiger partial charge in [-0.1, -0.05) is 13.8 Å². The van der Waals surface area contributed by atoms with Gasteiger partial charge in [0.25, 0.3) is 0 Å². The molecule has 5 rings (SSSR count). The number of pyridine rings is 1. The van der Waals surface area contributed by atoms with Crippen molar-refractivity contribution < 1.29 is 9.90 Å². The van der Waals surface area contributed by atoms with Gasteiger partial charge >= 0.3 is 5.97 Å². The average molecular weight is 396 g/mol. The van der Waals surface area contributed by atoms with Crippen molar-refractivity contribution in [3.8, 4) is 22.5 Å². The maximum absolute atomic E-state index is 12.5. The first-order chi connectivity index (χ1) is 13.5. The first-order valence-electron chi connectivity index (χ1n) is 9.46. The van der Waals surface area contributed by atoms with Crippen LogP contribution in [0.2, 0.25) is 0 Å². The van der Waals surface area contributed by atoms with Crippen LogP contribution < -0.4 is 5.43 Å². The number of nitrogens with zero attached hydrogens (tertiary/aromatic N) is 4. The number of carbonyl (C=O) groups is 1. The fourth-order valence-electron chi connectivity index (χ4n) is 4.10. The summed E-state index contributed by atoms with van der Waals surface area (Å²) in [5.41, 5.74) is 4.09. The zero-order valence-corrected chi connectivity index (χ0v) is 16.4. The standard InChI is InChI=1S/C20H20N4O3S/c1-10(2)15-8-24-19(14-5-16(25)13(20(26)27)7-23(14)15)17(12-6-21-28-9-12)18(22-24)11-3-4-11/h5-7,9-11,15H,3-4,8H2,1-2H3,(H,26,27)/t15-/m0/s1. The van der Waals surface area contributed by atoms with Crippen molar-refractivity contribution in [3.05, 3.63) is 45.3 Å². The Hall–Kier alpha value is -2.74. The summed E-state index contributed by atoms with van der Waals surface area (Å²) in [6.45, 7) is 4.86. The van der Waals surface area contributed by atoms with Crippen molar-refractivity contribution >= 4 is 17.5 Å². The molecule has 8 heteroatoms. The number of aromatic carboxylic acids is 1. The van der Waals surface area contributed by atoms with E-state index < -0.39 is 11.4 Å². The van der Waals surface area contributed by atoms with E-state index in [1.54, 1.807) is 0 Å². The number of fused-ring (bicyclic) bond motifs is 3. The molecule has 0 unspecified atom stereocenters. The molecule has 28 heavy (non-hydrogen) atoms. The number of carboxylic acids is 1. The molecule has 7 nitrogen and oxygen atoms in total. The quantitative estimate of drug-likeness (QED) is 0.727. The Labute approximate surface area is 165 Å². The van der Waals surface area contributed by atoms with Gasteiger partial charge in [0.05, 0.1) is 29.7 Å². The lowest BCUT2D eigenvalue weighted by Gasteiger charge is -2.32. The summed E-state index contributed by atoms with van der Waals surface area (Å²) < 4.78 is 8.24. The molecule has 0 spiro atoms. The van der Waals surface area contributed by atoms with Crippen LogP contribution in [0.15, 0.2) is 28.6 Å². The predicted octanol–water partition coefficient (Wildman–Crippen LogP) is 3.62. The van der Waals surface area contributed by atoms with E-state index in [1.165, 1.54) is 23.8 Å². The highest BCUT2D eigenvalue weighted by Crippen LogP contribution is 2.49. The van der Waals surface area contributed by atoms with E-state index in [2.05, 4.69) is 18.2 Å². The Morgan fingerprint density at radius 3 is 2.75 bits per heavy atom. The lowest BCUT2D eigenvalue weighted by molar-refractivity contribution is 0.0694. The van der Waals surface area contributed by atoms with Gasteiger partial charge in [0.2, 0.25) is 0 Å². The summed E-state index contributed by atoms with van der Waals surface area (Å²) in [4.78, 5) is 24.1. The Balaban J connectivity index is 1.82. The number of rotatable bonds is 4. The SMILES string of the molecule is CC(C)[C@@H]1Cn2nc(C3CC3)c(-c3cnsc3)c2-c2cc(=O)c(C(=O)O)cn21. The van der Waals surface area contributed by atoms with Gasteiger partial charge in [-0.15, -0.1) is 0 Å². The molecular formula is C20H20N4O3S. The third kappa shape index (κ3) is 2.55. The van der Waals surface area contributed by atoms with E-state index in [9.17, 15) is 14.7 Å². The lowest BCUT2D eigenvalue weighted by Crippen LogP contribution is -2.31. The molecule has 0 saturated heterocycles. The van der Waals surface area contributed by atoms with Gasteiger partial charge in [-0.25, -0.2) is 9.17 Å². The van der Waals surface area contributed by atoms with Crippen LogP contribution in [0.4, 0.5) is 0 Å². The molecule has 1 atom stereocenters. The van der Waals surface area contributed by atoms with Crippen LogP contribution in [0.5, 0.6) is 0 Å². The van der Waals surface area contributed by atoms with Crippen LogP contribution in [-0.4, -0.2) is 29.8 Å². The Bertz CT molecular complexity index is 1140. The van der Waals surface area contributed by atoms with Gasteiger partial charge in [-0.05, 0) is 30.3 Å². The smallest absolute Gasteiger partial charge is 0.341 e. The molecule has 1 saturated carbocycles. The molecule has 3 aromatic rings. The maximum Gasteiger partial charge on any atom is 0.341 e. The van der Waals surface area contributed by atoms with E-state index in [0.29, 0.717) is 12.5 Å². The minimum Gasteiger partial charge on any atom is -0.477 e. The minimum atomic E-state index is -1.19. The summed E-state index contributed by atoms with van der Waals surface area (Å²) in [5.74, 6) is -0.484. The van der Waals surface area contributed by atoms with E-state index in [0.717, 1.165) is 41.1 Å². The topological polar surface area (TPSA) is 90.0 Å². The molecule has 4 heterocycles. The molecule has 0 bridgehead atoms.